The Morgan fingerprint density at radius 3 is 2.41 bits per heavy atom. The van der Waals surface area contributed by atoms with E-state index < -0.39 is 44.5 Å². The number of methoxy groups -OCH3 is 1. The lowest BCUT2D eigenvalue weighted by Crippen LogP contribution is -2.39. The SMILES string of the molecule is COCn1ncc2c1-c1cc(F)c(F)cc1N(S(=O)(=O)c1ccc(C(F)(F)F)nc1)C2C1CC1. The van der Waals surface area contributed by atoms with Crippen molar-refractivity contribution in [2.24, 2.45) is 5.92 Å². The van der Waals surface area contributed by atoms with Crippen LogP contribution in [-0.2, 0) is 27.7 Å². The molecule has 0 bridgehead atoms. The molecule has 0 amide bonds. The number of rotatable bonds is 5. The molecule has 1 aromatic carbocycles. The second-order valence-electron chi connectivity index (χ2n) is 8.11. The van der Waals surface area contributed by atoms with Gasteiger partial charge in [-0.15, -0.1) is 0 Å². The number of fused-ring (bicyclic) bond motifs is 3. The molecular weight excluding hydrogens is 483 g/mol. The zero-order valence-electron chi connectivity index (χ0n) is 17.6. The molecule has 1 aliphatic heterocycles. The van der Waals surface area contributed by atoms with Crippen molar-refractivity contribution in [3.05, 3.63) is 59.6 Å². The maximum Gasteiger partial charge on any atom is 0.433 e. The topological polar surface area (TPSA) is 77.3 Å². The van der Waals surface area contributed by atoms with Crippen LogP contribution in [0.15, 0.2) is 41.6 Å². The van der Waals surface area contributed by atoms with E-state index in [1.54, 1.807) is 0 Å². The van der Waals surface area contributed by atoms with E-state index in [0.29, 0.717) is 36.4 Å². The molecule has 13 heteroatoms. The summed E-state index contributed by atoms with van der Waals surface area (Å²) in [5.74, 6) is -2.59. The maximum absolute atomic E-state index is 14.4. The monoisotopic (exact) mass is 500 g/mol. The molecule has 1 saturated carbocycles. The summed E-state index contributed by atoms with van der Waals surface area (Å²) < 4.78 is 102. The summed E-state index contributed by atoms with van der Waals surface area (Å²) in [6, 6.07) is 2.22. The summed E-state index contributed by atoms with van der Waals surface area (Å²) in [6.45, 7) is -0.0132. The number of sulfonamides is 1. The quantitative estimate of drug-likeness (QED) is 0.482. The lowest BCUT2D eigenvalue weighted by molar-refractivity contribution is -0.141. The Bertz CT molecular complexity index is 1370. The molecule has 1 aliphatic carbocycles. The molecule has 2 aliphatic rings. The van der Waals surface area contributed by atoms with Crippen LogP contribution in [0.2, 0.25) is 0 Å². The second-order valence-corrected chi connectivity index (χ2v) is 9.92. The number of halogens is 5. The zero-order chi connectivity index (χ0) is 24.4. The van der Waals surface area contributed by atoms with Gasteiger partial charge in [-0.3, -0.25) is 9.29 Å². The van der Waals surface area contributed by atoms with Crippen molar-refractivity contribution >= 4 is 15.7 Å². The summed E-state index contributed by atoms with van der Waals surface area (Å²) in [5, 5.41) is 4.24. The number of ether oxygens (including phenoxy) is 1. The Balaban J connectivity index is 1.72. The van der Waals surface area contributed by atoms with Crippen molar-refractivity contribution < 1.29 is 35.1 Å². The number of hydrogen-bond donors (Lipinski definition) is 0. The Labute approximate surface area is 190 Å². The van der Waals surface area contributed by atoms with Gasteiger partial charge in [0.25, 0.3) is 10.0 Å². The molecule has 34 heavy (non-hydrogen) atoms. The fourth-order valence-corrected chi connectivity index (χ4v) is 5.91. The van der Waals surface area contributed by atoms with E-state index >= 15 is 0 Å². The highest BCUT2D eigenvalue weighted by Crippen LogP contribution is 2.55. The van der Waals surface area contributed by atoms with Gasteiger partial charge in [-0.05, 0) is 37.0 Å². The highest BCUT2D eigenvalue weighted by molar-refractivity contribution is 7.92. The van der Waals surface area contributed by atoms with Gasteiger partial charge < -0.3 is 4.74 Å². The van der Waals surface area contributed by atoms with Crippen LogP contribution in [0, 0.1) is 17.6 Å². The third kappa shape index (κ3) is 3.54. The second kappa shape index (κ2) is 7.73. The van der Waals surface area contributed by atoms with Crippen molar-refractivity contribution in [3.8, 4) is 11.3 Å². The lowest BCUT2D eigenvalue weighted by Gasteiger charge is -2.38. The largest absolute Gasteiger partial charge is 0.433 e. The van der Waals surface area contributed by atoms with Crippen molar-refractivity contribution in [2.75, 3.05) is 11.4 Å². The maximum atomic E-state index is 14.4. The standard InChI is InChI=1S/C21H17F5N4O3S/c1-33-10-29-20-13-6-15(22)16(23)7-17(13)30(19(11-2-3-11)14(20)9-28-29)34(31,32)12-4-5-18(27-8-12)21(24,25)26/h4-9,11,19H,2-3,10H2,1H3. The minimum Gasteiger partial charge on any atom is -0.362 e. The fraction of sp³-hybridized carbons (Fsp3) is 0.333. The van der Waals surface area contributed by atoms with E-state index in [2.05, 4.69) is 10.1 Å². The summed E-state index contributed by atoms with van der Waals surface area (Å²) >= 11 is 0. The highest BCUT2D eigenvalue weighted by atomic mass is 32.2. The van der Waals surface area contributed by atoms with E-state index in [0.717, 1.165) is 22.5 Å². The van der Waals surface area contributed by atoms with Gasteiger partial charge in [0.2, 0.25) is 0 Å². The van der Waals surface area contributed by atoms with Crippen LogP contribution in [0.4, 0.5) is 27.6 Å². The van der Waals surface area contributed by atoms with Crippen LogP contribution < -0.4 is 4.31 Å². The van der Waals surface area contributed by atoms with E-state index in [4.69, 9.17) is 4.74 Å². The zero-order valence-corrected chi connectivity index (χ0v) is 18.4. The third-order valence-corrected chi connectivity index (χ3v) is 7.65. The van der Waals surface area contributed by atoms with Crippen molar-refractivity contribution in [3.63, 3.8) is 0 Å². The molecule has 1 atom stereocenters. The minimum absolute atomic E-state index is 0.0132. The van der Waals surface area contributed by atoms with Gasteiger partial charge >= 0.3 is 6.18 Å². The predicted octanol–water partition coefficient (Wildman–Crippen LogP) is 4.51. The molecule has 3 heterocycles. The summed E-state index contributed by atoms with van der Waals surface area (Å²) in [7, 11) is -3.09. The average molecular weight is 500 g/mol. The van der Waals surface area contributed by atoms with Gasteiger partial charge in [-0.25, -0.2) is 21.9 Å². The molecule has 3 aromatic rings. The molecule has 0 spiro atoms. The molecule has 180 valence electrons. The molecule has 0 saturated heterocycles. The van der Waals surface area contributed by atoms with Crippen LogP contribution in [-0.4, -0.2) is 30.3 Å². The first-order valence-electron chi connectivity index (χ1n) is 10.2. The number of anilines is 1. The molecule has 7 nitrogen and oxygen atoms in total. The van der Waals surface area contributed by atoms with E-state index in [-0.39, 0.29) is 23.9 Å². The van der Waals surface area contributed by atoms with Crippen LogP contribution in [0.1, 0.15) is 30.1 Å². The first-order valence-corrected chi connectivity index (χ1v) is 11.6. The van der Waals surface area contributed by atoms with Gasteiger partial charge in [-0.2, -0.15) is 18.3 Å². The molecule has 2 aromatic heterocycles. The number of benzene rings is 1. The van der Waals surface area contributed by atoms with Gasteiger partial charge in [-0.1, -0.05) is 0 Å². The molecule has 0 N–H and O–H groups in total. The van der Waals surface area contributed by atoms with Crippen LogP contribution >= 0.6 is 0 Å². The Morgan fingerprint density at radius 2 is 1.82 bits per heavy atom. The summed E-state index contributed by atoms with van der Waals surface area (Å²) in [4.78, 5) is 2.75. The Kier molecular flexibility index (Phi) is 5.17. The fourth-order valence-electron chi connectivity index (χ4n) is 4.27. The number of alkyl halides is 3. The van der Waals surface area contributed by atoms with Gasteiger partial charge in [0.15, 0.2) is 11.6 Å². The molecule has 1 fully saturated rings. The normalized spacial score (nSPS) is 18.1. The smallest absolute Gasteiger partial charge is 0.362 e. The summed E-state index contributed by atoms with van der Waals surface area (Å²) in [5.41, 5.74) is -0.448. The molecule has 5 rings (SSSR count). The van der Waals surface area contributed by atoms with Crippen molar-refractivity contribution in [2.45, 2.75) is 36.7 Å². The average Bonchev–Trinajstić information content (AvgIpc) is 3.53. The minimum atomic E-state index is -4.75. The van der Waals surface area contributed by atoms with Crippen LogP contribution in [0.3, 0.4) is 0 Å². The predicted molar refractivity (Wildman–Crippen MR) is 109 cm³/mol. The van der Waals surface area contributed by atoms with Crippen LogP contribution in [0.25, 0.3) is 11.3 Å². The number of pyridine rings is 1. The van der Waals surface area contributed by atoms with Gasteiger partial charge in [0.1, 0.15) is 17.3 Å². The summed E-state index contributed by atoms with van der Waals surface area (Å²) in [6.07, 6.45) is -1.33. The van der Waals surface area contributed by atoms with E-state index in [1.165, 1.54) is 18.0 Å². The number of aromatic nitrogens is 3. The van der Waals surface area contributed by atoms with Crippen molar-refractivity contribution in [1.82, 2.24) is 14.8 Å². The first kappa shape index (κ1) is 22.7. The van der Waals surface area contributed by atoms with Crippen LogP contribution in [0.5, 0.6) is 0 Å². The molecule has 1 unspecified atom stereocenters. The lowest BCUT2D eigenvalue weighted by atomic mass is 9.93. The highest BCUT2D eigenvalue weighted by Gasteiger charge is 2.48. The van der Waals surface area contributed by atoms with E-state index in [9.17, 15) is 30.4 Å². The number of nitrogens with zero attached hydrogens (tertiary/aromatic N) is 4. The van der Waals surface area contributed by atoms with Crippen molar-refractivity contribution in [1.29, 1.82) is 0 Å². The first-order chi connectivity index (χ1) is 16.0. The third-order valence-electron chi connectivity index (χ3n) is 5.87. The number of hydrogen-bond acceptors (Lipinski definition) is 5. The van der Waals surface area contributed by atoms with Gasteiger partial charge in [0.05, 0.1) is 23.6 Å². The Hall–Kier alpha value is -3.06. The Morgan fingerprint density at radius 1 is 1.12 bits per heavy atom. The van der Waals surface area contributed by atoms with Gasteiger partial charge in [0, 0.05) is 30.5 Å². The van der Waals surface area contributed by atoms with E-state index in [1.807, 2.05) is 0 Å². The molecular formula is C21H17F5N4O3S. The molecule has 0 radical (unpaired) electrons.